The Balaban J connectivity index is 1.96. The number of allylic oxidation sites excluding steroid dienone is 6. The van der Waals surface area contributed by atoms with E-state index in [-0.39, 0.29) is 0 Å². The molecule has 0 amide bonds. The molecule has 2 aromatic carbocycles. The predicted molar refractivity (Wildman–Crippen MR) is 130 cm³/mol. The largest absolute Gasteiger partial charge is 0.258 e. The van der Waals surface area contributed by atoms with Crippen molar-refractivity contribution in [1.29, 1.82) is 0 Å². The van der Waals surface area contributed by atoms with Gasteiger partial charge >= 0.3 is 0 Å². The zero-order chi connectivity index (χ0) is 20.8. The van der Waals surface area contributed by atoms with Crippen LogP contribution in [0.5, 0.6) is 0 Å². The minimum Gasteiger partial charge on any atom is -0.258 e. The van der Waals surface area contributed by atoms with Gasteiger partial charge in [0, 0.05) is 11.3 Å². The second kappa shape index (κ2) is 9.34. The van der Waals surface area contributed by atoms with Gasteiger partial charge in [-0.1, -0.05) is 79.9 Å². The maximum Gasteiger partial charge on any atom is 0.0706 e. The van der Waals surface area contributed by atoms with E-state index < -0.39 is 0 Å². The van der Waals surface area contributed by atoms with Crippen LogP contribution in [-0.4, -0.2) is 5.71 Å². The van der Waals surface area contributed by atoms with Crippen LogP contribution in [-0.2, 0) is 0 Å². The third-order valence-electron chi connectivity index (χ3n) is 5.15. The maximum absolute atomic E-state index is 4.69. The maximum atomic E-state index is 4.69. The van der Waals surface area contributed by atoms with Gasteiger partial charge in [-0.05, 0) is 73.1 Å². The average Bonchev–Trinajstić information content (AvgIpc) is 2.74. The Bertz CT molecular complexity index is 1050. The van der Waals surface area contributed by atoms with Crippen molar-refractivity contribution in [1.82, 2.24) is 0 Å². The van der Waals surface area contributed by atoms with Crippen LogP contribution in [0.2, 0.25) is 0 Å². The zero-order valence-corrected chi connectivity index (χ0v) is 17.7. The highest BCUT2D eigenvalue weighted by Gasteiger charge is 2.16. The Labute approximate surface area is 175 Å². The van der Waals surface area contributed by atoms with Gasteiger partial charge in [0.15, 0.2) is 0 Å². The highest BCUT2D eigenvalue weighted by molar-refractivity contribution is 5.89. The lowest BCUT2D eigenvalue weighted by Crippen LogP contribution is -1.99. The van der Waals surface area contributed by atoms with Gasteiger partial charge in [0.05, 0.1) is 5.69 Å². The van der Waals surface area contributed by atoms with Crippen molar-refractivity contribution in [3.63, 3.8) is 0 Å². The molecule has 0 N–H and O–H groups in total. The molecule has 1 nitrogen and oxygen atoms in total. The Hall–Kier alpha value is -3.19. The highest BCUT2D eigenvalue weighted by Crippen LogP contribution is 2.37. The molecule has 2 aromatic rings. The normalized spacial score (nSPS) is 13.6. The lowest BCUT2D eigenvalue weighted by atomic mass is 9.85. The Kier molecular flexibility index (Phi) is 6.61. The molecule has 29 heavy (non-hydrogen) atoms. The average molecular weight is 380 g/mol. The summed E-state index contributed by atoms with van der Waals surface area (Å²) in [5.74, 6) is 0. The van der Waals surface area contributed by atoms with Gasteiger partial charge in [-0.3, -0.25) is 4.99 Å². The molecule has 1 aliphatic carbocycles. The van der Waals surface area contributed by atoms with Crippen molar-refractivity contribution in [2.45, 2.75) is 33.6 Å². The van der Waals surface area contributed by atoms with Gasteiger partial charge in [-0.2, -0.15) is 0 Å². The fraction of sp³-hybridized carbons (Fsp3) is 0.179. The summed E-state index contributed by atoms with van der Waals surface area (Å²) in [5, 5.41) is 0. The van der Waals surface area contributed by atoms with E-state index in [1.807, 2.05) is 26.0 Å². The number of nitrogens with zero attached hydrogens (tertiary/aromatic N) is 1. The van der Waals surface area contributed by atoms with Gasteiger partial charge < -0.3 is 0 Å². The van der Waals surface area contributed by atoms with Gasteiger partial charge in [-0.25, -0.2) is 0 Å². The molecule has 0 atom stereocenters. The predicted octanol–water partition coefficient (Wildman–Crippen LogP) is 8.29. The van der Waals surface area contributed by atoms with E-state index in [1.54, 1.807) is 0 Å². The summed E-state index contributed by atoms with van der Waals surface area (Å²) in [4.78, 5) is 4.69. The fourth-order valence-electron chi connectivity index (χ4n) is 3.75. The molecule has 146 valence electrons. The van der Waals surface area contributed by atoms with E-state index in [4.69, 9.17) is 0 Å². The minimum atomic E-state index is 0.974. The van der Waals surface area contributed by atoms with Crippen molar-refractivity contribution in [2.75, 3.05) is 0 Å². The van der Waals surface area contributed by atoms with E-state index >= 15 is 0 Å². The fourth-order valence-corrected chi connectivity index (χ4v) is 3.75. The van der Waals surface area contributed by atoms with E-state index in [2.05, 4.69) is 85.8 Å². The van der Waals surface area contributed by atoms with Crippen LogP contribution in [0.25, 0.3) is 23.3 Å². The molecule has 0 bridgehead atoms. The molecule has 0 unspecified atom stereocenters. The van der Waals surface area contributed by atoms with Crippen LogP contribution in [0.3, 0.4) is 0 Å². The molecule has 1 aliphatic rings. The molecular formula is C28H29N. The summed E-state index contributed by atoms with van der Waals surface area (Å²) in [7, 11) is 0. The highest BCUT2D eigenvalue weighted by atomic mass is 14.7. The third kappa shape index (κ3) is 4.63. The molecule has 0 heterocycles. The molecule has 1 heteroatoms. The number of hydrogen-bond donors (Lipinski definition) is 0. The van der Waals surface area contributed by atoms with Crippen LogP contribution < -0.4 is 0 Å². The number of rotatable bonds is 6. The van der Waals surface area contributed by atoms with E-state index in [9.17, 15) is 0 Å². The van der Waals surface area contributed by atoms with Crippen molar-refractivity contribution in [3.05, 3.63) is 102 Å². The van der Waals surface area contributed by atoms with Crippen LogP contribution >= 0.6 is 0 Å². The van der Waals surface area contributed by atoms with Crippen molar-refractivity contribution < 1.29 is 0 Å². The summed E-state index contributed by atoms with van der Waals surface area (Å²) < 4.78 is 0. The van der Waals surface area contributed by atoms with Crippen molar-refractivity contribution >= 4 is 34.7 Å². The standard InChI is InChI=1S/C28H29N/c1-6-11-26-22(7-2)12-10-14-27(26)24-18-16-23(17-19-24)21(5)25-13-8-9-15-28(25)29-20(3)4/h6-16,18H,2,5,17,19H2,1,3-4H3/b11-6-. The van der Waals surface area contributed by atoms with Gasteiger partial charge in [-0.15, -0.1) is 0 Å². The molecule has 0 aromatic heterocycles. The van der Waals surface area contributed by atoms with Gasteiger partial charge in [0.2, 0.25) is 0 Å². The van der Waals surface area contributed by atoms with Crippen LogP contribution in [0, 0.1) is 0 Å². The minimum absolute atomic E-state index is 0.974. The van der Waals surface area contributed by atoms with Crippen molar-refractivity contribution in [3.8, 4) is 0 Å². The molecule has 0 saturated carbocycles. The number of para-hydroxylation sites is 1. The number of aliphatic imine (C=N–C) groups is 1. The number of hydrogen-bond acceptors (Lipinski definition) is 1. The van der Waals surface area contributed by atoms with E-state index in [1.165, 1.54) is 27.8 Å². The van der Waals surface area contributed by atoms with Crippen LogP contribution in [0.1, 0.15) is 55.9 Å². The summed E-state index contributed by atoms with van der Waals surface area (Å²) in [6.45, 7) is 14.5. The summed E-state index contributed by atoms with van der Waals surface area (Å²) in [6.07, 6.45) is 12.6. The topological polar surface area (TPSA) is 12.4 Å². The molecular weight excluding hydrogens is 350 g/mol. The van der Waals surface area contributed by atoms with Gasteiger partial charge in [0.1, 0.15) is 0 Å². The molecule has 0 spiro atoms. The van der Waals surface area contributed by atoms with E-state index in [0.717, 1.165) is 35.4 Å². The quantitative estimate of drug-likeness (QED) is 0.448. The monoisotopic (exact) mass is 379 g/mol. The Morgan fingerprint density at radius 1 is 1.00 bits per heavy atom. The lowest BCUT2D eigenvalue weighted by Gasteiger charge is -2.20. The molecule has 0 fully saturated rings. The first-order chi connectivity index (χ1) is 14.0. The first-order valence-electron chi connectivity index (χ1n) is 10.1. The Morgan fingerprint density at radius 3 is 2.45 bits per heavy atom. The summed E-state index contributed by atoms with van der Waals surface area (Å²) in [5.41, 5.74) is 10.5. The van der Waals surface area contributed by atoms with Crippen molar-refractivity contribution in [2.24, 2.45) is 4.99 Å². The first-order valence-corrected chi connectivity index (χ1v) is 10.1. The van der Waals surface area contributed by atoms with Crippen LogP contribution in [0.4, 0.5) is 5.69 Å². The van der Waals surface area contributed by atoms with Gasteiger partial charge in [0.25, 0.3) is 0 Å². The summed E-state index contributed by atoms with van der Waals surface area (Å²) >= 11 is 0. The second-order valence-electron chi connectivity index (χ2n) is 7.45. The zero-order valence-electron chi connectivity index (χ0n) is 17.7. The smallest absolute Gasteiger partial charge is 0.0706 e. The second-order valence-corrected chi connectivity index (χ2v) is 7.45. The molecule has 0 aliphatic heterocycles. The summed E-state index contributed by atoms with van der Waals surface area (Å²) in [6, 6.07) is 14.7. The molecule has 0 radical (unpaired) electrons. The molecule has 3 rings (SSSR count). The third-order valence-corrected chi connectivity index (χ3v) is 5.15. The SMILES string of the molecule is C=Cc1cccc(C2=CC=C(C(=C)c3ccccc3N=C(C)C)CC2)c1/C=C\C. The Morgan fingerprint density at radius 2 is 1.79 bits per heavy atom. The molecule has 0 saturated heterocycles. The lowest BCUT2D eigenvalue weighted by molar-refractivity contribution is 1.01. The first kappa shape index (κ1) is 20.5. The van der Waals surface area contributed by atoms with Crippen LogP contribution in [0.15, 0.2) is 84.4 Å². The van der Waals surface area contributed by atoms with E-state index in [0.29, 0.717) is 0 Å². The number of benzene rings is 2.